The van der Waals surface area contributed by atoms with E-state index in [0.29, 0.717) is 0 Å². The Kier molecular flexibility index (Phi) is 7.27. The van der Waals surface area contributed by atoms with Crippen molar-refractivity contribution in [3.05, 3.63) is 10.4 Å². The van der Waals surface area contributed by atoms with E-state index >= 15 is 0 Å². The summed E-state index contributed by atoms with van der Waals surface area (Å²) >= 11 is 0. The average Bonchev–Trinajstić information content (AvgIpc) is 2.90. The summed E-state index contributed by atoms with van der Waals surface area (Å²) in [5.41, 5.74) is 2.84. The molecule has 100 valence electrons. The molecule has 0 saturated carbocycles. The van der Waals surface area contributed by atoms with Crippen LogP contribution in [0.25, 0.3) is 0 Å². The van der Waals surface area contributed by atoms with Crippen LogP contribution in [0.5, 0.6) is 0 Å². The molecule has 1 rings (SSSR count). The third-order valence-corrected chi connectivity index (χ3v) is 23.4. The van der Waals surface area contributed by atoms with E-state index in [9.17, 15) is 0 Å². The first-order valence-corrected chi connectivity index (χ1v) is 12.2. The SMILES string of the molecule is CCC1=C(CC)[Si-]1[Si](C(C)C)(C(C)C)C(C)C.[Li+]. The van der Waals surface area contributed by atoms with Gasteiger partial charge >= 0.3 is 18.9 Å². The number of hydrogen-bond acceptors (Lipinski definition) is 0. The van der Waals surface area contributed by atoms with Gasteiger partial charge in [0.15, 0.2) is 0 Å². The minimum absolute atomic E-state index is 0. The summed E-state index contributed by atoms with van der Waals surface area (Å²) in [6.45, 7) is 19.9. The first-order chi connectivity index (χ1) is 7.85. The van der Waals surface area contributed by atoms with Gasteiger partial charge in [-0.05, 0) is 0 Å². The number of allylic oxidation sites excluding steroid dienone is 2. The van der Waals surface area contributed by atoms with Crippen LogP contribution in [0.15, 0.2) is 10.4 Å². The monoisotopic (exact) mass is 274 g/mol. The van der Waals surface area contributed by atoms with Crippen LogP contribution in [-0.2, 0) is 0 Å². The molecule has 1 aliphatic rings. The maximum atomic E-state index is 2.52. The quantitative estimate of drug-likeness (QED) is 0.653. The first kappa shape index (κ1) is 18.8. The third-order valence-electron chi connectivity index (χ3n) is 4.91. The fourth-order valence-corrected chi connectivity index (χ4v) is 23.5. The van der Waals surface area contributed by atoms with E-state index in [1.165, 1.54) is 12.8 Å². The average molecular weight is 275 g/mol. The van der Waals surface area contributed by atoms with E-state index < -0.39 is 7.59 Å². The van der Waals surface area contributed by atoms with Gasteiger partial charge < -0.3 is 0 Å². The number of rotatable bonds is 6. The minimum atomic E-state index is -1.13. The van der Waals surface area contributed by atoms with Crippen LogP contribution < -0.4 is 18.9 Å². The van der Waals surface area contributed by atoms with Crippen molar-refractivity contribution in [3.8, 4) is 0 Å². The van der Waals surface area contributed by atoms with Gasteiger partial charge in [0.25, 0.3) is 0 Å². The molecule has 1 heterocycles. The summed E-state index contributed by atoms with van der Waals surface area (Å²) in [5, 5.41) is 3.89. The van der Waals surface area contributed by atoms with Crippen molar-refractivity contribution in [1.82, 2.24) is 0 Å². The molecule has 0 atom stereocenters. The Balaban J connectivity index is 0.00000289. The van der Waals surface area contributed by atoms with Crippen molar-refractivity contribution in [2.75, 3.05) is 0 Å². The molecule has 0 aliphatic carbocycles. The van der Waals surface area contributed by atoms with Gasteiger partial charge in [0.2, 0.25) is 0 Å². The molecule has 0 amide bonds. The molecule has 0 unspecified atom stereocenters. The van der Waals surface area contributed by atoms with Crippen LogP contribution in [0.1, 0.15) is 68.2 Å². The van der Waals surface area contributed by atoms with Gasteiger partial charge in [0.05, 0.1) is 0 Å². The predicted molar refractivity (Wildman–Crippen MR) is 84.4 cm³/mol. The Morgan fingerprint density at radius 3 is 1.22 bits per heavy atom. The molecule has 1 aliphatic heterocycles. The Morgan fingerprint density at radius 2 is 1.06 bits per heavy atom. The van der Waals surface area contributed by atoms with Crippen molar-refractivity contribution >= 4 is 15.9 Å². The minimum Gasteiger partial charge on any atom is -0.265 e. The van der Waals surface area contributed by atoms with Gasteiger partial charge in [-0.3, -0.25) is 18.7 Å². The molecular weight excluding hydrogens is 243 g/mol. The van der Waals surface area contributed by atoms with E-state index in [1.807, 2.05) is 10.4 Å². The van der Waals surface area contributed by atoms with Gasteiger partial charge in [-0.1, -0.05) is 92.4 Å². The summed E-state index contributed by atoms with van der Waals surface area (Å²) < 4.78 is 0. The zero-order valence-corrected chi connectivity index (χ0v) is 16.1. The zero-order chi connectivity index (χ0) is 13.4. The maximum absolute atomic E-state index is 2.52. The predicted octanol–water partition coefficient (Wildman–Crippen LogP) is 2.45. The summed E-state index contributed by atoms with van der Waals surface area (Å²) in [6.07, 6.45) is 2.69. The van der Waals surface area contributed by atoms with E-state index in [0.717, 1.165) is 16.6 Å². The first-order valence-electron chi connectivity index (χ1n) is 7.45. The molecule has 0 spiro atoms. The molecule has 0 radical (unpaired) electrons. The fraction of sp³-hybridized carbons (Fsp3) is 0.867. The maximum Gasteiger partial charge on any atom is 1.00 e. The van der Waals surface area contributed by atoms with Gasteiger partial charge in [-0.15, -0.1) is 0 Å². The summed E-state index contributed by atoms with van der Waals surface area (Å²) in [6, 6.07) is 0. The van der Waals surface area contributed by atoms with E-state index in [2.05, 4.69) is 55.4 Å². The van der Waals surface area contributed by atoms with Crippen LogP contribution in [0.3, 0.4) is 0 Å². The molecule has 18 heavy (non-hydrogen) atoms. The van der Waals surface area contributed by atoms with Crippen LogP contribution >= 0.6 is 0 Å². The smallest absolute Gasteiger partial charge is 0.265 e. The molecular formula is C15H31LiSi2. The standard InChI is InChI=1S/C15H31Si2.Li/c1-9-14-15(10-2)16(14)17(11(3)4,12(5)6)13(7)8;/h11-13H,9-10H2,1-8H3;/q-1;+1. The molecule has 0 nitrogen and oxygen atoms in total. The van der Waals surface area contributed by atoms with Gasteiger partial charge in [0.1, 0.15) is 0 Å². The second-order valence-corrected chi connectivity index (χ2v) is 17.8. The van der Waals surface area contributed by atoms with Crippen molar-refractivity contribution < 1.29 is 18.9 Å². The molecule has 0 bridgehead atoms. The summed E-state index contributed by atoms with van der Waals surface area (Å²) in [7, 11) is -1.32. The largest absolute Gasteiger partial charge is 1.00 e. The molecule has 0 fully saturated rings. The normalized spacial score (nSPS) is 15.8. The molecule has 0 saturated heterocycles. The second kappa shape index (κ2) is 6.97. The zero-order valence-electron chi connectivity index (χ0n) is 14.1. The van der Waals surface area contributed by atoms with Crippen molar-refractivity contribution in [3.63, 3.8) is 0 Å². The van der Waals surface area contributed by atoms with E-state index in [-0.39, 0.29) is 27.2 Å². The van der Waals surface area contributed by atoms with Gasteiger partial charge in [0, 0.05) is 0 Å². The van der Waals surface area contributed by atoms with E-state index in [1.54, 1.807) is 0 Å². The van der Waals surface area contributed by atoms with Crippen LogP contribution in [0, 0.1) is 0 Å². The van der Waals surface area contributed by atoms with Crippen molar-refractivity contribution in [2.45, 2.75) is 84.9 Å². The van der Waals surface area contributed by atoms with Gasteiger partial charge in [-0.25, -0.2) is 0 Å². The van der Waals surface area contributed by atoms with Crippen LogP contribution in [0.4, 0.5) is 0 Å². The van der Waals surface area contributed by atoms with E-state index in [4.69, 9.17) is 0 Å². The number of hydrogen-bond donors (Lipinski definition) is 0. The van der Waals surface area contributed by atoms with Crippen molar-refractivity contribution in [1.29, 1.82) is 0 Å². The molecule has 0 N–H and O–H groups in total. The molecule has 0 aromatic rings. The topological polar surface area (TPSA) is 0 Å². The third kappa shape index (κ3) is 2.78. The Hall–Kier alpha value is 0.771. The summed E-state index contributed by atoms with van der Waals surface area (Å²) in [4.78, 5) is 0. The van der Waals surface area contributed by atoms with Crippen LogP contribution in [-0.4, -0.2) is 15.9 Å². The second-order valence-electron chi connectivity index (χ2n) is 6.44. The molecule has 0 aromatic carbocycles. The van der Waals surface area contributed by atoms with Crippen molar-refractivity contribution in [2.24, 2.45) is 0 Å². The fourth-order valence-electron chi connectivity index (χ4n) is 4.44. The Labute approximate surface area is 130 Å². The van der Waals surface area contributed by atoms with Crippen LogP contribution in [0.2, 0.25) is 16.6 Å². The summed E-state index contributed by atoms with van der Waals surface area (Å²) in [5.74, 6) is 0. The molecule has 3 heteroatoms. The Bertz CT molecular complexity index is 270. The Morgan fingerprint density at radius 1 is 0.778 bits per heavy atom. The van der Waals surface area contributed by atoms with Gasteiger partial charge in [-0.2, -0.15) is 0 Å². The molecule has 0 aromatic heterocycles.